The molecule has 14 heavy (non-hydrogen) atoms. The summed E-state index contributed by atoms with van der Waals surface area (Å²) in [4.78, 5) is 12.0. The SMILES string of the molecule is CC(C)OC1CC(CO)N(C(=O)O)C1. The molecule has 1 saturated heterocycles. The summed E-state index contributed by atoms with van der Waals surface area (Å²) < 4.78 is 5.51. The van der Waals surface area contributed by atoms with Crippen LogP contribution in [0.1, 0.15) is 20.3 Å². The van der Waals surface area contributed by atoms with Gasteiger partial charge in [-0.25, -0.2) is 4.79 Å². The lowest BCUT2D eigenvalue weighted by molar-refractivity contribution is 0.0141. The second kappa shape index (κ2) is 4.61. The minimum Gasteiger partial charge on any atom is -0.465 e. The van der Waals surface area contributed by atoms with E-state index >= 15 is 0 Å². The van der Waals surface area contributed by atoms with Crippen LogP contribution in [0.2, 0.25) is 0 Å². The fourth-order valence-corrected chi connectivity index (χ4v) is 1.76. The molecule has 2 unspecified atom stereocenters. The first kappa shape index (κ1) is 11.3. The zero-order valence-electron chi connectivity index (χ0n) is 8.51. The van der Waals surface area contributed by atoms with Gasteiger partial charge in [-0.15, -0.1) is 0 Å². The van der Waals surface area contributed by atoms with Crippen LogP contribution in [0, 0.1) is 0 Å². The number of amides is 1. The van der Waals surface area contributed by atoms with Gasteiger partial charge < -0.3 is 19.8 Å². The second-order valence-electron chi connectivity index (χ2n) is 3.81. The lowest BCUT2D eigenvalue weighted by Gasteiger charge is -2.18. The molecule has 1 amide bonds. The summed E-state index contributed by atoms with van der Waals surface area (Å²) in [5, 5.41) is 17.8. The van der Waals surface area contributed by atoms with Gasteiger partial charge in [0, 0.05) is 0 Å². The summed E-state index contributed by atoms with van der Waals surface area (Å²) >= 11 is 0. The Labute approximate surface area is 83.3 Å². The third kappa shape index (κ3) is 2.59. The smallest absolute Gasteiger partial charge is 0.407 e. The monoisotopic (exact) mass is 203 g/mol. The highest BCUT2D eigenvalue weighted by Gasteiger charge is 2.35. The van der Waals surface area contributed by atoms with E-state index in [-0.39, 0.29) is 24.9 Å². The number of rotatable bonds is 3. The molecule has 0 aromatic carbocycles. The van der Waals surface area contributed by atoms with E-state index in [1.54, 1.807) is 0 Å². The maximum absolute atomic E-state index is 10.8. The summed E-state index contributed by atoms with van der Waals surface area (Å²) in [5.74, 6) is 0. The molecule has 1 heterocycles. The van der Waals surface area contributed by atoms with Gasteiger partial charge in [0.1, 0.15) is 0 Å². The van der Waals surface area contributed by atoms with E-state index in [0.29, 0.717) is 13.0 Å². The quantitative estimate of drug-likeness (QED) is 0.701. The van der Waals surface area contributed by atoms with Crippen LogP contribution in [0.5, 0.6) is 0 Å². The lowest BCUT2D eigenvalue weighted by Crippen LogP contribution is -2.36. The van der Waals surface area contributed by atoms with Crippen LogP contribution in [-0.2, 0) is 4.74 Å². The Morgan fingerprint density at radius 3 is 2.64 bits per heavy atom. The maximum Gasteiger partial charge on any atom is 0.407 e. The highest BCUT2D eigenvalue weighted by molar-refractivity contribution is 5.66. The van der Waals surface area contributed by atoms with Crippen molar-refractivity contribution in [3.8, 4) is 0 Å². The van der Waals surface area contributed by atoms with Crippen molar-refractivity contribution in [2.75, 3.05) is 13.2 Å². The van der Waals surface area contributed by atoms with E-state index in [0.717, 1.165) is 0 Å². The van der Waals surface area contributed by atoms with E-state index in [4.69, 9.17) is 14.9 Å². The summed E-state index contributed by atoms with van der Waals surface area (Å²) in [5.41, 5.74) is 0. The first-order chi connectivity index (χ1) is 6.54. The molecule has 0 aromatic heterocycles. The zero-order chi connectivity index (χ0) is 10.7. The molecule has 0 radical (unpaired) electrons. The molecule has 5 nitrogen and oxygen atoms in total. The summed E-state index contributed by atoms with van der Waals surface area (Å²) in [6, 6.07) is -0.309. The largest absolute Gasteiger partial charge is 0.465 e. The van der Waals surface area contributed by atoms with Crippen molar-refractivity contribution >= 4 is 6.09 Å². The van der Waals surface area contributed by atoms with Crippen molar-refractivity contribution in [1.82, 2.24) is 4.90 Å². The van der Waals surface area contributed by atoms with Gasteiger partial charge >= 0.3 is 6.09 Å². The first-order valence-electron chi connectivity index (χ1n) is 4.80. The number of hydrogen-bond acceptors (Lipinski definition) is 3. The van der Waals surface area contributed by atoms with Crippen molar-refractivity contribution in [2.24, 2.45) is 0 Å². The summed E-state index contributed by atoms with van der Waals surface area (Å²) in [6.07, 6.45) is -0.392. The van der Waals surface area contributed by atoms with Gasteiger partial charge in [-0.1, -0.05) is 0 Å². The first-order valence-corrected chi connectivity index (χ1v) is 4.80. The van der Waals surface area contributed by atoms with Crippen molar-refractivity contribution in [2.45, 2.75) is 38.5 Å². The highest BCUT2D eigenvalue weighted by Crippen LogP contribution is 2.21. The minimum atomic E-state index is -0.987. The molecule has 0 saturated carbocycles. The Hall–Kier alpha value is -0.810. The molecule has 1 aliphatic rings. The fourth-order valence-electron chi connectivity index (χ4n) is 1.76. The number of aliphatic hydroxyl groups is 1. The Morgan fingerprint density at radius 1 is 1.64 bits per heavy atom. The number of likely N-dealkylation sites (tertiary alicyclic amines) is 1. The van der Waals surface area contributed by atoms with Gasteiger partial charge in [0.15, 0.2) is 0 Å². The minimum absolute atomic E-state index is 0.0803. The number of aliphatic hydroxyl groups excluding tert-OH is 1. The molecule has 0 aliphatic carbocycles. The van der Waals surface area contributed by atoms with Crippen LogP contribution >= 0.6 is 0 Å². The van der Waals surface area contributed by atoms with Crippen molar-refractivity contribution in [3.05, 3.63) is 0 Å². The fraction of sp³-hybridized carbons (Fsp3) is 0.889. The Morgan fingerprint density at radius 2 is 2.29 bits per heavy atom. The topological polar surface area (TPSA) is 70.0 Å². The highest BCUT2D eigenvalue weighted by atomic mass is 16.5. The van der Waals surface area contributed by atoms with Gasteiger partial charge in [-0.2, -0.15) is 0 Å². The maximum atomic E-state index is 10.8. The third-order valence-electron chi connectivity index (χ3n) is 2.30. The molecule has 0 spiro atoms. The van der Waals surface area contributed by atoms with Crippen molar-refractivity contribution in [1.29, 1.82) is 0 Å². The predicted octanol–water partition coefficient (Wildman–Crippen LogP) is 0.525. The Bertz CT molecular complexity index is 207. The van der Waals surface area contributed by atoms with Crippen molar-refractivity contribution in [3.63, 3.8) is 0 Å². The molecule has 82 valence electrons. The van der Waals surface area contributed by atoms with Gasteiger partial charge in [-0.3, -0.25) is 0 Å². The zero-order valence-corrected chi connectivity index (χ0v) is 8.51. The molecule has 0 aromatic rings. The molecule has 0 bridgehead atoms. The van der Waals surface area contributed by atoms with E-state index in [1.165, 1.54) is 4.90 Å². The van der Waals surface area contributed by atoms with E-state index < -0.39 is 6.09 Å². The molecule has 1 aliphatic heterocycles. The number of carbonyl (C=O) groups is 1. The second-order valence-corrected chi connectivity index (χ2v) is 3.81. The van der Waals surface area contributed by atoms with E-state index in [1.807, 2.05) is 13.8 Å². The third-order valence-corrected chi connectivity index (χ3v) is 2.30. The number of hydrogen-bond donors (Lipinski definition) is 2. The van der Waals surface area contributed by atoms with Gasteiger partial charge in [-0.05, 0) is 20.3 Å². The van der Waals surface area contributed by atoms with Crippen LogP contribution in [-0.4, -0.2) is 52.6 Å². The van der Waals surface area contributed by atoms with Gasteiger partial charge in [0.05, 0.1) is 31.4 Å². The average Bonchev–Trinajstić information content (AvgIpc) is 2.46. The van der Waals surface area contributed by atoms with Gasteiger partial charge in [0.2, 0.25) is 0 Å². The normalized spacial score (nSPS) is 27.3. The van der Waals surface area contributed by atoms with Crippen LogP contribution in [0.3, 0.4) is 0 Å². The Balaban J connectivity index is 2.52. The molecule has 5 heteroatoms. The standard InChI is InChI=1S/C9H17NO4/c1-6(2)14-8-3-7(5-11)10(4-8)9(12)13/h6-8,11H,3-5H2,1-2H3,(H,12,13). The molecule has 1 rings (SSSR count). The molecule has 2 atom stereocenters. The lowest BCUT2D eigenvalue weighted by atomic mass is 10.2. The van der Waals surface area contributed by atoms with Gasteiger partial charge in [0.25, 0.3) is 0 Å². The average molecular weight is 203 g/mol. The molecular weight excluding hydrogens is 186 g/mol. The number of nitrogens with zero attached hydrogens (tertiary/aromatic N) is 1. The van der Waals surface area contributed by atoms with Crippen LogP contribution < -0.4 is 0 Å². The summed E-state index contributed by atoms with van der Waals surface area (Å²) in [7, 11) is 0. The van der Waals surface area contributed by atoms with Crippen LogP contribution in [0.4, 0.5) is 4.79 Å². The van der Waals surface area contributed by atoms with Crippen LogP contribution in [0.15, 0.2) is 0 Å². The summed E-state index contributed by atoms with van der Waals surface area (Å²) in [6.45, 7) is 4.05. The number of carboxylic acid groups (broad SMARTS) is 1. The number of ether oxygens (including phenoxy) is 1. The van der Waals surface area contributed by atoms with E-state index in [9.17, 15) is 4.79 Å². The molecule has 1 fully saturated rings. The van der Waals surface area contributed by atoms with E-state index in [2.05, 4.69) is 0 Å². The Kier molecular flexibility index (Phi) is 3.71. The molecule has 2 N–H and O–H groups in total. The predicted molar refractivity (Wildman–Crippen MR) is 50.2 cm³/mol. The molecular formula is C9H17NO4. The van der Waals surface area contributed by atoms with Crippen LogP contribution in [0.25, 0.3) is 0 Å². The van der Waals surface area contributed by atoms with Crippen molar-refractivity contribution < 1.29 is 19.7 Å².